The van der Waals surface area contributed by atoms with Crippen LogP contribution in [0.1, 0.15) is 42.5 Å². The van der Waals surface area contributed by atoms with E-state index in [1.54, 1.807) is 30.3 Å². The maximum Gasteiger partial charge on any atom is 0.245 e. The van der Waals surface area contributed by atoms with Gasteiger partial charge >= 0.3 is 0 Å². The Kier molecular flexibility index (Phi) is 5.54. The summed E-state index contributed by atoms with van der Waals surface area (Å²) in [5.41, 5.74) is 0.339. The molecule has 1 fully saturated rings. The van der Waals surface area contributed by atoms with Gasteiger partial charge in [0, 0.05) is 12.6 Å². The standard InChI is InChI=1S/C17H20N2O3/c1-19-17(21)15(11-18)16(20)12-7-9-14(10-8-12)22-13-5-3-2-4-6-13/h7-10,13,15H,2-6H2,1H3,(H,19,21). The summed E-state index contributed by atoms with van der Waals surface area (Å²) in [5, 5.41) is 11.3. The first kappa shape index (κ1) is 16.0. The van der Waals surface area contributed by atoms with E-state index >= 15 is 0 Å². The highest BCUT2D eigenvalue weighted by Crippen LogP contribution is 2.24. The van der Waals surface area contributed by atoms with E-state index in [2.05, 4.69) is 5.32 Å². The van der Waals surface area contributed by atoms with Crippen molar-refractivity contribution in [2.45, 2.75) is 38.2 Å². The van der Waals surface area contributed by atoms with Gasteiger partial charge in [-0.3, -0.25) is 9.59 Å². The predicted molar refractivity (Wildman–Crippen MR) is 81.4 cm³/mol. The molecule has 1 aliphatic rings. The molecule has 0 aliphatic heterocycles. The van der Waals surface area contributed by atoms with Gasteiger partial charge in [-0.2, -0.15) is 5.26 Å². The number of hydrogen-bond donors (Lipinski definition) is 1. The molecular formula is C17H20N2O3. The van der Waals surface area contributed by atoms with Crippen molar-refractivity contribution in [1.82, 2.24) is 5.32 Å². The molecule has 1 aliphatic carbocycles. The lowest BCUT2D eigenvalue weighted by Gasteiger charge is -2.23. The van der Waals surface area contributed by atoms with E-state index in [1.807, 2.05) is 0 Å². The van der Waals surface area contributed by atoms with Crippen LogP contribution in [-0.2, 0) is 4.79 Å². The normalized spacial score (nSPS) is 16.4. The van der Waals surface area contributed by atoms with Gasteiger partial charge in [-0.25, -0.2) is 0 Å². The molecule has 1 N–H and O–H groups in total. The second-order valence-electron chi connectivity index (χ2n) is 5.44. The third-order valence-electron chi connectivity index (χ3n) is 3.89. The molecule has 22 heavy (non-hydrogen) atoms. The van der Waals surface area contributed by atoms with Crippen molar-refractivity contribution in [3.63, 3.8) is 0 Å². The average Bonchev–Trinajstić information content (AvgIpc) is 2.56. The molecule has 0 radical (unpaired) electrons. The first-order valence-electron chi connectivity index (χ1n) is 7.58. The van der Waals surface area contributed by atoms with Gasteiger partial charge in [-0.1, -0.05) is 6.42 Å². The summed E-state index contributed by atoms with van der Waals surface area (Å²) >= 11 is 0. The molecular weight excluding hydrogens is 280 g/mol. The Morgan fingerprint density at radius 1 is 1.23 bits per heavy atom. The highest BCUT2D eigenvalue weighted by atomic mass is 16.5. The topological polar surface area (TPSA) is 79.2 Å². The zero-order valence-electron chi connectivity index (χ0n) is 12.7. The van der Waals surface area contributed by atoms with Crippen LogP contribution in [0.5, 0.6) is 5.75 Å². The zero-order valence-corrected chi connectivity index (χ0v) is 12.7. The van der Waals surface area contributed by atoms with Gasteiger partial charge in [-0.15, -0.1) is 0 Å². The first-order chi connectivity index (χ1) is 10.7. The maximum atomic E-state index is 12.2. The van der Waals surface area contributed by atoms with E-state index in [1.165, 1.54) is 26.3 Å². The third kappa shape index (κ3) is 3.85. The van der Waals surface area contributed by atoms with Crippen LogP contribution in [0.2, 0.25) is 0 Å². The number of Topliss-reactive ketones (excluding diaryl/α,β-unsaturated/α-hetero) is 1. The highest BCUT2D eigenvalue weighted by molar-refractivity contribution is 6.12. The van der Waals surface area contributed by atoms with Crippen molar-refractivity contribution in [2.75, 3.05) is 7.05 Å². The van der Waals surface area contributed by atoms with Crippen molar-refractivity contribution in [3.8, 4) is 11.8 Å². The Labute approximate surface area is 130 Å². The van der Waals surface area contributed by atoms with Crippen LogP contribution < -0.4 is 10.1 Å². The van der Waals surface area contributed by atoms with Crippen molar-refractivity contribution in [3.05, 3.63) is 29.8 Å². The van der Waals surface area contributed by atoms with E-state index in [0.717, 1.165) is 18.6 Å². The summed E-state index contributed by atoms with van der Waals surface area (Å²) in [6, 6.07) is 8.39. The van der Waals surface area contributed by atoms with Gasteiger partial charge < -0.3 is 10.1 Å². The highest BCUT2D eigenvalue weighted by Gasteiger charge is 2.26. The molecule has 0 aromatic heterocycles. The molecule has 1 aromatic rings. The Morgan fingerprint density at radius 3 is 2.41 bits per heavy atom. The van der Waals surface area contributed by atoms with Gasteiger partial charge in [0.25, 0.3) is 0 Å². The first-order valence-corrected chi connectivity index (χ1v) is 7.58. The number of carbonyl (C=O) groups excluding carboxylic acids is 2. The number of ether oxygens (including phenoxy) is 1. The van der Waals surface area contributed by atoms with E-state index < -0.39 is 17.6 Å². The molecule has 1 aromatic carbocycles. The summed E-state index contributed by atoms with van der Waals surface area (Å²) in [6.45, 7) is 0. The fourth-order valence-electron chi connectivity index (χ4n) is 2.62. The fourth-order valence-corrected chi connectivity index (χ4v) is 2.62. The Morgan fingerprint density at radius 2 is 1.86 bits per heavy atom. The number of nitriles is 1. The summed E-state index contributed by atoms with van der Waals surface area (Å²) in [5.74, 6) is -1.67. The molecule has 116 valence electrons. The van der Waals surface area contributed by atoms with Crippen LogP contribution in [0.25, 0.3) is 0 Å². The second kappa shape index (κ2) is 7.60. The Hall–Kier alpha value is -2.35. The molecule has 1 amide bonds. The molecule has 0 saturated heterocycles. The average molecular weight is 300 g/mol. The molecule has 0 spiro atoms. The second-order valence-corrected chi connectivity index (χ2v) is 5.44. The van der Waals surface area contributed by atoms with Gasteiger partial charge in [-0.05, 0) is 49.9 Å². The molecule has 0 heterocycles. The molecule has 1 unspecified atom stereocenters. The number of nitrogens with one attached hydrogen (secondary N) is 1. The summed E-state index contributed by atoms with van der Waals surface area (Å²) in [4.78, 5) is 23.7. The molecule has 1 saturated carbocycles. The van der Waals surface area contributed by atoms with Gasteiger partial charge in [0.05, 0.1) is 12.2 Å². The predicted octanol–water partition coefficient (Wildman–Crippen LogP) is 2.47. The number of amides is 1. The minimum Gasteiger partial charge on any atom is -0.490 e. The van der Waals surface area contributed by atoms with E-state index in [9.17, 15) is 9.59 Å². The number of nitrogens with zero attached hydrogens (tertiary/aromatic N) is 1. The summed E-state index contributed by atoms with van der Waals surface area (Å²) in [6.07, 6.45) is 6.02. The Balaban J connectivity index is 2.03. The third-order valence-corrected chi connectivity index (χ3v) is 3.89. The van der Waals surface area contributed by atoms with Crippen LogP contribution in [0, 0.1) is 17.2 Å². The van der Waals surface area contributed by atoms with Crippen molar-refractivity contribution >= 4 is 11.7 Å². The van der Waals surface area contributed by atoms with E-state index in [4.69, 9.17) is 10.00 Å². The van der Waals surface area contributed by atoms with E-state index in [-0.39, 0.29) is 6.10 Å². The lowest BCUT2D eigenvalue weighted by Crippen LogP contribution is -2.32. The molecule has 1 atom stereocenters. The van der Waals surface area contributed by atoms with Crippen molar-refractivity contribution in [1.29, 1.82) is 5.26 Å². The van der Waals surface area contributed by atoms with Crippen LogP contribution in [0.4, 0.5) is 0 Å². The molecule has 2 rings (SSSR count). The van der Waals surface area contributed by atoms with Gasteiger partial charge in [0.15, 0.2) is 11.7 Å². The number of ketones is 1. The minimum absolute atomic E-state index is 0.244. The molecule has 5 heteroatoms. The van der Waals surface area contributed by atoms with Gasteiger partial charge in [0.1, 0.15) is 5.75 Å². The SMILES string of the molecule is CNC(=O)C(C#N)C(=O)c1ccc(OC2CCCCC2)cc1. The van der Waals surface area contributed by atoms with Crippen LogP contribution in [0.3, 0.4) is 0 Å². The fraction of sp³-hybridized carbons (Fsp3) is 0.471. The lowest BCUT2D eigenvalue weighted by atomic mass is 9.97. The molecule has 0 bridgehead atoms. The lowest BCUT2D eigenvalue weighted by molar-refractivity contribution is -0.121. The summed E-state index contributed by atoms with van der Waals surface area (Å²) in [7, 11) is 1.40. The number of benzene rings is 1. The zero-order chi connectivity index (χ0) is 15.9. The van der Waals surface area contributed by atoms with Crippen LogP contribution in [0.15, 0.2) is 24.3 Å². The summed E-state index contributed by atoms with van der Waals surface area (Å²) < 4.78 is 5.89. The van der Waals surface area contributed by atoms with Crippen molar-refractivity contribution < 1.29 is 14.3 Å². The number of rotatable bonds is 5. The quantitative estimate of drug-likeness (QED) is 0.669. The number of carbonyl (C=O) groups is 2. The van der Waals surface area contributed by atoms with Crippen LogP contribution >= 0.6 is 0 Å². The smallest absolute Gasteiger partial charge is 0.245 e. The van der Waals surface area contributed by atoms with Crippen LogP contribution in [-0.4, -0.2) is 24.8 Å². The maximum absolute atomic E-state index is 12.2. The minimum atomic E-state index is -1.31. The monoisotopic (exact) mass is 300 g/mol. The van der Waals surface area contributed by atoms with Crippen molar-refractivity contribution in [2.24, 2.45) is 5.92 Å². The number of hydrogen-bond acceptors (Lipinski definition) is 4. The van der Waals surface area contributed by atoms with E-state index in [0.29, 0.717) is 5.56 Å². The van der Waals surface area contributed by atoms with Gasteiger partial charge in [0.2, 0.25) is 5.91 Å². The Bertz CT molecular complexity index is 569. The molecule has 5 nitrogen and oxygen atoms in total. The largest absolute Gasteiger partial charge is 0.490 e.